The maximum absolute atomic E-state index is 11.9. The molecule has 0 aromatic rings. The molecule has 0 aliphatic rings. The molecule has 17 heavy (non-hydrogen) atoms. The van der Waals surface area contributed by atoms with Crippen LogP contribution in [0.3, 0.4) is 0 Å². The Morgan fingerprint density at radius 3 is 2.24 bits per heavy atom. The molecule has 3 nitrogen and oxygen atoms in total. The molecule has 0 aromatic heterocycles. The van der Waals surface area contributed by atoms with Gasteiger partial charge in [-0.2, -0.15) is 0 Å². The van der Waals surface area contributed by atoms with Gasteiger partial charge in [0.1, 0.15) is 5.60 Å². The summed E-state index contributed by atoms with van der Waals surface area (Å²) in [5.41, 5.74) is -0.402. The first-order chi connectivity index (χ1) is 7.76. The van der Waals surface area contributed by atoms with Crippen LogP contribution in [-0.2, 0) is 4.74 Å². The lowest BCUT2D eigenvalue weighted by Crippen LogP contribution is -2.38. The molecule has 0 rings (SSSR count). The van der Waals surface area contributed by atoms with E-state index in [1.165, 1.54) is 0 Å². The van der Waals surface area contributed by atoms with Crippen molar-refractivity contribution in [2.75, 3.05) is 13.1 Å². The highest BCUT2D eigenvalue weighted by molar-refractivity contribution is 5.68. The minimum absolute atomic E-state index is 0.178. The third-order valence-corrected chi connectivity index (χ3v) is 2.35. The van der Waals surface area contributed by atoms with Gasteiger partial charge in [0.2, 0.25) is 0 Å². The molecule has 0 unspecified atom stereocenters. The maximum Gasteiger partial charge on any atom is 0.410 e. The molecule has 0 N–H and O–H groups in total. The van der Waals surface area contributed by atoms with Crippen molar-refractivity contribution in [3.8, 4) is 0 Å². The molecule has 0 fully saturated rings. The highest BCUT2D eigenvalue weighted by Gasteiger charge is 2.21. The van der Waals surface area contributed by atoms with Crippen molar-refractivity contribution in [1.29, 1.82) is 0 Å². The Balaban J connectivity index is 4.16. The molecule has 0 atom stereocenters. The summed E-state index contributed by atoms with van der Waals surface area (Å²) in [6.45, 7) is 13.8. The fourth-order valence-electron chi connectivity index (χ4n) is 1.58. The molecule has 0 spiro atoms. The van der Waals surface area contributed by atoms with Gasteiger partial charge in [-0.3, -0.25) is 0 Å². The van der Waals surface area contributed by atoms with Gasteiger partial charge in [0, 0.05) is 13.1 Å². The van der Waals surface area contributed by atoms with E-state index < -0.39 is 5.60 Å². The third-order valence-electron chi connectivity index (χ3n) is 2.35. The van der Waals surface area contributed by atoms with Gasteiger partial charge in [0.25, 0.3) is 0 Å². The highest BCUT2D eigenvalue weighted by Crippen LogP contribution is 2.12. The van der Waals surface area contributed by atoms with Gasteiger partial charge in [0.05, 0.1) is 0 Å². The molecule has 0 aromatic carbocycles. The molecule has 0 heterocycles. The van der Waals surface area contributed by atoms with Crippen LogP contribution in [-0.4, -0.2) is 29.7 Å². The van der Waals surface area contributed by atoms with Gasteiger partial charge in [-0.05, 0) is 46.0 Å². The van der Waals surface area contributed by atoms with Crippen molar-refractivity contribution in [2.45, 2.75) is 66.4 Å². The van der Waals surface area contributed by atoms with E-state index in [-0.39, 0.29) is 6.09 Å². The van der Waals surface area contributed by atoms with Crippen LogP contribution in [0, 0.1) is 5.92 Å². The average Bonchev–Trinajstić information content (AvgIpc) is 2.13. The summed E-state index contributed by atoms with van der Waals surface area (Å²) in [6, 6.07) is 0. The lowest BCUT2D eigenvalue weighted by atomic mass is 10.1. The van der Waals surface area contributed by atoms with Gasteiger partial charge in [-0.15, -0.1) is 0 Å². The lowest BCUT2D eigenvalue weighted by Gasteiger charge is -2.27. The Labute approximate surface area is 107 Å². The Hall–Kier alpha value is -0.730. The Morgan fingerprint density at radius 2 is 1.82 bits per heavy atom. The molecule has 0 aliphatic carbocycles. The molecular formula is C14H29NO2. The smallest absolute Gasteiger partial charge is 0.410 e. The zero-order chi connectivity index (χ0) is 13.5. The SMILES string of the molecule is CCCN(CCCC(C)C)C(=O)OC(C)(C)C. The van der Waals surface area contributed by atoms with E-state index >= 15 is 0 Å². The summed E-state index contributed by atoms with van der Waals surface area (Å²) in [5.74, 6) is 0.692. The monoisotopic (exact) mass is 243 g/mol. The minimum Gasteiger partial charge on any atom is -0.444 e. The number of amides is 1. The van der Waals surface area contributed by atoms with Crippen LogP contribution in [0.25, 0.3) is 0 Å². The van der Waals surface area contributed by atoms with Gasteiger partial charge in [-0.1, -0.05) is 20.8 Å². The Morgan fingerprint density at radius 1 is 1.24 bits per heavy atom. The number of hydrogen-bond acceptors (Lipinski definition) is 2. The summed E-state index contributed by atoms with van der Waals surface area (Å²) in [5, 5.41) is 0. The summed E-state index contributed by atoms with van der Waals surface area (Å²) in [6.07, 6.45) is 3.00. The van der Waals surface area contributed by atoms with Gasteiger partial charge in [-0.25, -0.2) is 4.79 Å². The van der Waals surface area contributed by atoms with Crippen molar-refractivity contribution < 1.29 is 9.53 Å². The summed E-state index contributed by atoms with van der Waals surface area (Å²) >= 11 is 0. The van der Waals surface area contributed by atoms with Gasteiger partial charge < -0.3 is 9.64 Å². The van der Waals surface area contributed by atoms with E-state index in [9.17, 15) is 4.79 Å². The van der Waals surface area contributed by atoms with Crippen LogP contribution in [0.1, 0.15) is 60.8 Å². The van der Waals surface area contributed by atoms with E-state index in [1.807, 2.05) is 25.7 Å². The summed E-state index contributed by atoms with van der Waals surface area (Å²) in [4.78, 5) is 13.8. The van der Waals surface area contributed by atoms with Crippen molar-refractivity contribution in [3.05, 3.63) is 0 Å². The Kier molecular flexibility index (Phi) is 7.24. The van der Waals surface area contributed by atoms with Gasteiger partial charge in [0.15, 0.2) is 0 Å². The van der Waals surface area contributed by atoms with E-state index in [4.69, 9.17) is 4.74 Å². The molecular weight excluding hydrogens is 214 g/mol. The highest BCUT2D eigenvalue weighted by atomic mass is 16.6. The second kappa shape index (κ2) is 7.57. The van der Waals surface area contributed by atoms with E-state index in [1.54, 1.807) is 0 Å². The van der Waals surface area contributed by atoms with Crippen LogP contribution in [0.5, 0.6) is 0 Å². The van der Waals surface area contributed by atoms with Crippen molar-refractivity contribution in [3.63, 3.8) is 0 Å². The topological polar surface area (TPSA) is 29.5 Å². The molecule has 3 heteroatoms. The van der Waals surface area contributed by atoms with Crippen molar-refractivity contribution in [2.24, 2.45) is 5.92 Å². The van der Waals surface area contributed by atoms with Crippen LogP contribution < -0.4 is 0 Å². The second-order valence-electron chi connectivity index (χ2n) is 6.00. The van der Waals surface area contributed by atoms with E-state index in [0.717, 1.165) is 32.4 Å². The second-order valence-corrected chi connectivity index (χ2v) is 6.00. The summed E-state index contributed by atoms with van der Waals surface area (Å²) in [7, 11) is 0. The maximum atomic E-state index is 11.9. The minimum atomic E-state index is -0.402. The standard InChI is InChI=1S/C14H29NO2/c1-7-10-15(11-8-9-12(2)3)13(16)17-14(4,5)6/h12H,7-11H2,1-6H3. The molecule has 102 valence electrons. The first-order valence-corrected chi connectivity index (χ1v) is 6.74. The predicted octanol–water partition coefficient (Wildman–Crippen LogP) is 4.07. The Bertz CT molecular complexity index is 219. The third kappa shape index (κ3) is 9.02. The lowest BCUT2D eigenvalue weighted by molar-refractivity contribution is 0.0245. The van der Waals surface area contributed by atoms with Gasteiger partial charge >= 0.3 is 6.09 Å². The first-order valence-electron chi connectivity index (χ1n) is 6.74. The van der Waals surface area contributed by atoms with E-state index in [2.05, 4.69) is 20.8 Å². The number of hydrogen-bond donors (Lipinski definition) is 0. The molecule has 0 aliphatic heterocycles. The number of nitrogens with zero attached hydrogens (tertiary/aromatic N) is 1. The van der Waals surface area contributed by atoms with Crippen molar-refractivity contribution in [1.82, 2.24) is 4.90 Å². The number of ether oxygens (including phenoxy) is 1. The molecule has 0 bridgehead atoms. The fourth-order valence-corrected chi connectivity index (χ4v) is 1.58. The molecule has 0 saturated heterocycles. The molecule has 0 radical (unpaired) electrons. The van der Waals surface area contributed by atoms with Crippen molar-refractivity contribution >= 4 is 6.09 Å². The largest absolute Gasteiger partial charge is 0.444 e. The zero-order valence-electron chi connectivity index (χ0n) is 12.4. The average molecular weight is 243 g/mol. The number of carbonyl (C=O) groups excluding carboxylic acids is 1. The molecule has 0 saturated carbocycles. The van der Waals surface area contributed by atoms with E-state index in [0.29, 0.717) is 5.92 Å². The predicted molar refractivity (Wildman–Crippen MR) is 72.2 cm³/mol. The van der Waals surface area contributed by atoms with Crippen LogP contribution in [0.15, 0.2) is 0 Å². The number of rotatable bonds is 6. The normalized spacial score (nSPS) is 11.7. The zero-order valence-corrected chi connectivity index (χ0v) is 12.4. The number of carbonyl (C=O) groups is 1. The molecule has 1 amide bonds. The quantitative estimate of drug-likeness (QED) is 0.703. The van der Waals surface area contributed by atoms with Crippen LogP contribution in [0.4, 0.5) is 4.79 Å². The fraction of sp³-hybridized carbons (Fsp3) is 0.929. The summed E-state index contributed by atoms with van der Waals surface area (Å²) < 4.78 is 5.40. The first kappa shape index (κ1) is 16.3. The van der Waals surface area contributed by atoms with Crippen LogP contribution >= 0.6 is 0 Å². The van der Waals surface area contributed by atoms with Crippen LogP contribution in [0.2, 0.25) is 0 Å².